The predicted octanol–water partition coefficient (Wildman–Crippen LogP) is 3.36. The Kier molecular flexibility index (Phi) is 7.48. The maximum atomic E-state index is 10.1. The molecular formula is C18H35NO2. The molecule has 2 saturated carbocycles. The SMILES string of the molecule is CC1CCCCC1CNCC(O)COC1CCCCC1C. The second kappa shape index (κ2) is 9.12. The topological polar surface area (TPSA) is 41.5 Å². The van der Waals surface area contributed by atoms with Crippen LogP contribution in [0.3, 0.4) is 0 Å². The summed E-state index contributed by atoms with van der Waals surface area (Å²) in [6.45, 7) is 6.86. The summed E-state index contributed by atoms with van der Waals surface area (Å²) in [5.74, 6) is 2.29. The number of ether oxygens (including phenoxy) is 1. The molecule has 21 heavy (non-hydrogen) atoms. The molecule has 0 amide bonds. The molecule has 0 bridgehead atoms. The zero-order valence-electron chi connectivity index (χ0n) is 14.0. The van der Waals surface area contributed by atoms with Gasteiger partial charge in [-0.1, -0.05) is 46.0 Å². The van der Waals surface area contributed by atoms with Crippen molar-refractivity contribution in [1.82, 2.24) is 5.32 Å². The van der Waals surface area contributed by atoms with Crippen LogP contribution in [0, 0.1) is 17.8 Å². The van der Waals surface area contributed by atoms with Crippen molar-refractivity contribution in [3.05, 3.63) is 0 Å². The van der Waals surface area contributed by atoms with Crippen molar-refractivity contribution in [2.45, 2.75) is 77.4 Å². The molecule has 2 aliphatic carbocycles. The molecule has 2 fully saturated rings. The van der Waals surface area contributed by atoms with Crippen molar-refractivity contribution in [2.24, 2.45) is 17.8 Å². The summed E-state index contributed by atoms with van der Waals surface area (Å²) in [7, 11) is 0. The summed E-state index contributed by atoms with van der Waals surface area (Å²) in [5, 5.41) is 13.5. The Hall–Kier alpha value is -0.120. The van der Waals surface area contributed by atoms with Crippen LogP contribution in [0.5, 0.6) is 0 Å². The first kappa shape index (κ1) is 17.2. The van der Waals surface area contributed by atoms with E-state index in [2.05, 4.69) is 19.2 Å². The molecule has 0 saturated heterocycles. The number of aliphatic hydroxyl groups is 1. The van der Waals surface area contributed by atoms with Crippen molar-refractivity contribution in [3.63, 3.8) is 0 Å². The van der Waals surface area contributed by atoms with Crippen LogP contribution in [0.1, 0.15) is 65.2 Å². The zero-order valence-corrected chi connectivity index (χ0v) is 14.0. The van der Waals surface area contributed by atoms with E-state index >= 15 is 0 Å². The summed E-state index contributed by atoms with van der Waals surface area (Å²) in [5.41, 5.74) is 0. The van der Waals surface area contributed by atoms with Crippen LogP contribution < -0.4 is 5.32 Å². The minimum absolute atomic E-state index is 0.363. The van der Waals surface area contributed by atoms with Crippen LogP contribution in [-0.4, -0.2) is 37.0 Å². The lowest BCUT2D eigenvalue weighted by atomic mass is 9.80. The Morgan fingerprint density at radius 3 is 2.38 bits per heavy atom. The molecule has 0 aromatic rings. The van der Waals surface area contributed by atoms with Crippen LogP contribution >= 0.6 is 0 Å². The molecule has 0 aliphatic heterocycles. The first-order valence-electron chi connectivity index (χ1n) is 9.17. The average Bonchev–Trinajstić information content (AvgIpc) is 2.48. The third-order valence-corrected chi connectivity index (χ3v) is 5.61. The van der Waals surface area contributed by atoms with Gasteiger partial charge >= 0.3 is 0 Å². The van der Waals surface area contributed by atoms with Crippen molar-refractivity contribution >= 4 is 0 Å². The predicted molar refractivity (Wildman–Crippen MR) is 87.4 cm³/mol. The molecule has 2 aliphatic rings. The number of hydrogen-bond acceptors (Lipinski definition) is 3. The van der Waals surface area contributed by atoms with Crippen LogP contribution in [-0.2, 0) is 4.74 Å². The highest BCUT2D eigenvalue weighted by atomic mass is 16.5. The summed E-state index contributed by atoms with van der Waals surface area (Å²) in [4.78, 5) is 0. The molecule has 124 valence electrons. The normalized spacial score (nSPS) is 35.6. The van der Waals surface area contributed by atoms with E-state index in [1.54, 1.807) is 0 Å². The zero-order chi connectivity index (χ0) is 15.1. The van der Waals surface area contributed by atoms with Gasteiger partial charge in [-0.05, 0) is 43.6 Å². The number of nitrogens with one attached hydrogen (secondary N) is 1. The minimum Gasteiger partial charge on any atom is -0.389 e. The van der Waals surface area contributed by atoms with Crippen LogP contribution in [0.15, 0.2) is 0 Å². The second-order valence-corrected chi connectivity index (χ2v) is 7.47. The summed E-state index contributed by atoms with van der Waals surface area (Å²) in [6, 6.07) is 0. The number of aliphatic hydroxyl groups excluding tert-OH is 1. The van der Waals surface area contributed by atoms with E-state index in [1.165, 1.54) is 51.4 Å². The van der Waals surface area contributed by atoms with E-state index in [0.29, 0.717) is 25.2 Å². The van der Waals surface area contributed by atoms with Crippen LogP contribution in [0.25, 0.3) is 0 Å². The fraction of sp³-hybridized carbons (Fsp3) is 1.00. The smallest absolute Gasteiger partial charge is 0.0897 e. The van der Waals surface area contributed by atoms with Gasteiger partial charge in [-0.2, -0.15) is 0 Å². The standard InChI is InChI=1S/C18H35NO2/c1-14-7-3-5-9-16(14)11-19-12-17(20)13-21-18-10-6-4-8-15(18)2/h14-20H,3-13H2,1-2H3. The van der Waals surface area contributed by atoms with Gasteiger partial charge in [0.1, 0.15) is 0 Å². The molecule has 0 radical (unpaired) electrons. The monoisotopic (exact) mass is 297 g/mol. The third-order valence-electron chi connectivity index (χ3n) is 5.61. The highest BCUT2D eigenvalue weighted by Gasteiger charge is 2.23. The van der Waals surface area contributed by atoms with Gasteiger partial charge in [-0.25, -0.2) is 0 Å². The number of rotatable bonds is 7. The molecule has 3 heteroatoms. The maximum Gasteiger partial charge on any atom is 0.0897 e. The highest BCUT2D eigenvalue weighted by Crippen LogP contribution is 2.29. The summed E-state index contributed by atoms with van der Waals surface area (Å²) >= 11 is 0. The van der Waals surface area contributed by atoms with Gasteiger partial charge in [0.15, 0.2) is 0 Å². The van der Waals surface area contributed by atoms with E-state index in [4.69, 9.17) is 4.74 Å². The maximum absolute atomic E-state index is 10.1. The molecule has 0 aromatic carbocycles. The Labute approximate surface area is 130 Å². The van der Waals surface area contributed by atoms with Crippen molar-refractivity contribution < 1.29 is 9.84 Å². The van der Waals surface area contributed by atoms with E-state index in [-0.39, 0.29) is 6.10 Å². The summed E-state index contributed by atoms with van der Waals surface area (Å²) in [6.07, 6.45) is 10.6. The average molecular weight is 297 g/mol. The molecule has 3 nitrogen and oxygen atoms in total. The van der Waals surface area contributed by atoms with E-state index in [0.717, 1.165) is 18.4 Å². The first-order valence-corrected chi connectivity index (χ1v) is 9.17. The van der Waals surface area contributed by atoms with Crippen LogP contribution in [0.2, 0.25) is 0 Å². The molecule has 5 atom stereocenters. The van der Waals surface area contributed by atoms with Gasteiger partial charge < -0.3 is 15.2 Å². The third kappa shape index (κ3) is 5.88. The molecule has 2 rings (SSSR count). The van der Waals surface area contributed by atoms with Gasteiger partial charge in [0.05, 0.1) is 18.8 Å². The Morgan fingerprint density at radius 2 is 1.67 bits per heavy atom. The largest absolute Gasteiger partial charge is 0.389 e. The van der Waals surface area contributed by atoms with Gasteiger partial charge in [0.25, 0.3) is 0 Å². The van der Waals surface area contributed by atoms with E-state index in [1.807, 2.05) is 0 Å². The quantitative estimate of drug-likeness (QED) is 0.757. The van der Waals surface area contributed by atoms with Crippen LogP contribution in [0.4, 0.5) is 0 Å². The molecule has 2 N–H and O–H groups in total. The highest BCUT2D eigenvalue weighted by molar-refractivity contribution is 4.76. The molecule has 0 heterocycles. The van der Waals surface area contributed by atoms with Gasteiger partial charge in [-0.3, -0.25) is 0 Å². The first-order chi connectivity index (χ1) is 10.2. The summed E-state index contributed by atoms with van der Waals surface area (Å²) < 4.78 is 5.93. The fourth-order valence-electron chi connectivity index (χ4n) is 3.96. The molecule has 0 aromatic heterocycles. The Balaban J connectivity index is 1.55. The Bertz CT molecular complexity index is 284. The lowest BCUT2D eigenvalue weighted by molar-refractivity contribution is -0.0453. The van der Waals surface area contributed by atoms with Gasteiger partial charge in [-0.15, -0.1) is 0 Å². The van der Waals surface area contributed by atoms with Gasteiger partial charge in [0.2, 0.25) is 0 Å². The fourth-order valence-corrected chi connectivity index (χ4v) is 3.96. The van der Waals surface area contributed by atoms with E-state index < -0.39 is 0 Å². The molecule has 0 spiro atoms. The van der Waals surface area contributed by atoms with Crippen molar-refractivity contribution in [1.29, 1.82) is 0 Å². The Morgan fingerprint density at radius 1 is 1.00 bits per heavy atom. The van der Waals surface area contributed by atoms with Crippen molar-refractivity contribution in [2.75, 3.05) is 19.7 Å². The van der Waals surface area contributed by atoms with Gasteiger partial charge in [0, 0.05) is 6.54 Å². The lowest BCUT2D eigenvalue weighted by Crippen LogP contribution is -2.37. The lowest BCUT2D eigenvalue weighted by Gasteiger charge is -2.30. The molecule has 5 unspecified atom stereocenters. The second-order valence-electron chi connectivity index (χ2n) is 7.47. The van der Waals surface area contributed by atoms with E-state index in [9.17, 15) is 5.11 Å². The number of hydrogen-bond donors (Lipinski definition) is 2. The van der Waals surface area contributed by atoms with Crippen molar-refractivity contribution in [3.8, 4) is 0 Å². The molecular weight excluding hydrogens is 262 g/mol. The minimum atomic E-state index is -0.363.